The van der Waals surface area contributed by atoms with E-state index in [9.17, 15) is 0 Å². The van der Waals surface area contributed by atoms with Crippen molar-refractivity contribution in [2.75, 3.05) is 27.3 Å². The molecule has 0 saturated carbocycles. The van der Waals surface area contributed by atoms with Gasteiger partial charge in [-0.25, -0.2) is 0 Å². The molecular weight excluding hydrogens is 208 g/mol. The van der Waals surface area contributed by atoms with Gasteiger partial charge in [-0.1, -0.05) is 19.8 Å². The first-order chi connectivity index (χ1) is 7.11. The van der Waals surface area contributed by atoms with Gasteiger partial charge >= 0.3 is 0 Å². The summed E-state index contributed by atoms with van der Waals surface area (Å²) in [7, 11) is 3.73. The molecule has 1 unspecified atom stereocenters. The van der Waals surface area contributed by atoms with Crippen LogP contribution in [0.2, 0.25) is 0 Å². The lowest BCUT2D eigenvalue weighted by Gasteiger charge is -2.23. The molecule has 1 atom stereocenters. The Bertz CT molecular complexity index is 176. The molecule has 4 heteroatoms. The van der Waals surface area contributed by atoms with Crippen molar-refractivity contribution in [3.8, 4) is 0 Å². The molecule has 0 aromatic carbocycles. The van der Waals surface area contributed by atoms with Gasteiger partial charge in [0.05, 0.1) is 6.61 Å². The van der Waals surface area contributed by atoms with Gasteiger partial charge < -0.3 is 15.0 Å². The summed E-state index contributed by atoms with van der Waals surface area (Å²) in [6.07, 6.45) is 3.71. The average Bonchev–Trinajstić information content (AvgIpc) is 2.18. The first kappa shape index (κ1) is 14.6. The Kier molecular flexibility index (Phi) is 8.71. The number of hydrogen-bond donors (Lipinski definition) is 1. The van der Waals surface area contributed by atoms with Crippen LogP contribution < -0.4 is 5.32 Å². The Morgan fingerprint density at radius 2 is 2.13 bits per heavy atom. The van der Waals surface area contributed by atoms with Gasteiger partial charge in [-0.15, -0.1) is 0 Å². The molecule has 0 radical (unpaired) electrons. The van der Waals surface area contributed by atoms with Gasteiger partial charge in [-0.2, -0.15) is 0 Å². The number of nitrogens with one attached hydrogen (secondary N) is 1. The highest BCUT2D eigenvalue weighted by Crippen LogP contribution is 1.97. The molecule has 15 heavy (non-hydrogen) atoms. The van der Waals surface area contributed by atoms with Crippen LogP contribution in [0.3, 0.4) is 0 Å². The van der Waals surface area contributed by atoms with E-state index in [2.05, 4.69) is 24.1 Å². The van der Waals surface area contributed by atoms with Crippen LogP contribution in [-0.2, 0) is 4.74 Å². The second kappa shape index (κ2) is 8.92. The molecule has 0 spiro atoms. The zero-order valence-electron chi connectivity index (χ0n) is 10.4. The molecule has 0 aliphatic rings. The number of unbranched alkanes of at least 4 members (excludes halogenated alkanes) is 2. The van der Waals surface area contributed by atoms with Crippen molar-refractivity contribution in [3.05, 3.63) is 0 Å². The normalized spacial score (nSPS) is 12.3. The van der Waals surface area contributed by atoms with E-state index in [1.165, 1.54) is 19.3 Å². The lowest BCUT2D eigenvalue weighted by Crippen LogP contribution is -2.43. The third-order valence-corrected chi connectivity index (χ3v) is 2.66. The van der Waals surface area contributed by atoms with E-state index in [0.717, 1.165) is 11.7 Å². The first-order valence-corrected chi connectivity index (χ1v) is 6.03. The van der Waals surface area contributed by atoms with Gasteiger partial charge in [-0.05, 0) is 25.6 Å². The monoisotopic (exact) mass is 232 g/mol. The van der Waals surface area contributed by atoms with E-state index in [1.807, 2.05) is 7.05 Å². The zero-order valence-corrected chi connectivity index (χ0v) is 11.2. The molecular formula is C11H24N2OS. The van der Waals surface area contributed by atoms with Crippen molar-refractivity contribution < 1.29 is 4.74 Å². The van der Waals surface area contributed by atoms with Crippen LogP contribution in [-0.4, -0.2) is 43.4 Å². The number of methoxy groups -OCH3 is 1. The number of hydrogen-bond acceptors (Lipinski definition) is 2. The molecule has 0 rings (SSSR count). The van der Waals surface area contributed by atoms with Gasteiger partial charge in [-0.3, -0.25) is 0 Å². The van der Waals surface area contributed by atoms with Crippen LogP contribution in [0.4, 0.5) is 0 Å². The highest BCUT2D eigenvalue weighted by atomic mass is 32.1. The number of rotatable bonds is 7. The Morgan fingerprint density at radius 1 is 1.47 bits per heavy atom. The minimum Gasteiger partial charge on any atom is -0.383 e. The summed E-state index contributed by atoms with van der Waals surface area (Å²) in [4.78, 5) is 2.09. The zero-order chi connectivity index (χ0) is 11.7. The molecule has 0 aliphatic carbocycles. The summed E-state index contributed by atoms with van der Waals surface area (Å²) in [5.74, 6) is 0. The maximum atomic E-state index is 5.28. The fraction of sp³-hybridized carbons (Fsp3) is 0.909. The largest absolute Gasteiger partial charge is 0.383 e. The molecule has 0 bridgehead atoms. The Hall–Kier alpha value is -0.350. The molecule has 0 saturated heterocycles. The summed E-state index contributed by atoms with van der Waals surface area (Å²) in [6, 6.07) is 0.274. The van der Waals surface area contributed by atoms with Crippen LogP contribution in [0.5, 0.6) is 0 Å². The average molecular weight is 232 g/mol. The molecule has 0 amide bonds. The first-order valence-electron chi connectivity index (χ1n) is 5.62. The second-order valence-corrected chi connectivity index (χ2v) is 4.32. The summed E-state index contributed by atoms with van der Waals surface area (Å²) in [5.41, 5.74) is 0. The Balaban J connectivity index is 3.68. The lowest BCUT2D eigenvalue weighted by molar-refractivity contribution is 0.178. The maximum absolute atomic E-state index is 5.28. The molecule has 0 aromatic heterocycles. The Labute approximate surface area is 99.2 Å². The van der Waals surface area contributed by atoms with Crippen LogP contribution in [0, 0.1) is 0 Å². The quantitative estimate of drug-likeness (QED) is 0.536. The van der Waals surface area contributed by atoms with E-state index < -0.39 is 0 Å². The third-order valence-electron chi connectivity index (χ3n) is 2.23. The van der Waals surface area contributed by atoms with Gasteiger partial charge in [0.25, 0.3) is 0 Å². The van der Waals surface area contributed by atoms with Crippen molar-refractivity contribution in [2.45, 2.75) is 39.2 Å². The van der Waals surface area contributed by atoms with Gasteiger partial charge in [0.2, 0.25) is 0 Å². The lowest BCUT2D eigenvalue weighted by atomic mass is 10.2. The molecule has 1 N–H and O–H groups in total. The molecule has 0 aromatic rings. The van der Waals surface area contributed by atoms with Crippen molar-refractivity contribution in [1.82, 2.24) is 10.2 Å². The van der Waals surface area contributed by atoms with Crippen molar-refractivity contribution >= 4 is 17.3 Å². The highest BCUT2D eigenvalue weighted by Gasteiger charge is 2.07. The van der Waals surface area contributed by atoms with Crippen LogP contribution >= 0.6 is 12.2 Å². The van der Waals surface area contributed by atoms with E-state index >= 15 is 0 Å². The summed E-state index contributed by atoms with van der Waals surface area (Å²) < 4.78 is 5.04. The number of nitrogens with zero attached hydrogens (tertiary/aromatic N) is 1. The van der Waals surface area contributed by atoms with Crippen molar-refractivity contribution in [2.24, 2.45) is 0 Å². The van der Waals surface area contributed by atoms with Crippen molar-refractivity contribution in [3.63, 3.8) is 0 Å². The van der Waals surface area contributed by atoms with E-state index in [1.54, 1.807) is 7.11 Å². The fourth-order valence-corrected chi connectivity index (χ4v) is 1.61. The maximum Gasteiger partial charge on any atom is 0.168 e. The molecule has 0 aliphatic heterocycles. The highest BCUT2D eigenvalue weighted by molar-refractivity contribution is 7.80. The van der Waals surface area contributed by atoms with Crippen molar-refractivity contribution in [1.29, 1.82) is 0 Å². The van der Waals surface area contributed by atoms with Gasteiger partial charge in [0, 0.05) is 26.7 Å². The standard InChI is InChI=1S/C11H24N2OS/c1-5-6-7-8-13(3)11(15)12-10(2)9-14-4/h10H,5-9H2,1-4H3,(H,12,15). The van der Waals surface area contributed by atoms with Crippen LogP contribution in [0.25, 0.3) is 0 Å². The van der Waals surface area contributed by atoms with Crippen LogP contribution in [0.15, 0.2) is 0 Å². The molecule has 90 valence electrons. The predicted molar refractivity (Wildman–Crippen MR) is 69.2 cm³/mol. The van der Waals surface area contributed by atoms with E-state index in [0.29, 0.717) is 6.61 Å². The molecule has 0 heterocycles. The topological polar surface area (TPSA) is 24.5 Å². The predicted octanol–water partition coefficient (Wildman–Crippen LogP) is 2.02. The summed E-state index contributed by atoms with van der Waals surface area (Å²) >= 11 is 5.28. The summed E-state index contributed by atoms with van der Waals surface area (Å²) in [5, 5.41) is 4.06. The minimum atomic E-state index is 0.274. The van der Waals surface area contributed by atoms with Crippen LogP contribution in [0.1, 0.15) is 33.1 Å². The van der Waals surface area contributed by atoms with Gasteiger partial charge in [0.15, 0.2) is 5.11 Å². The molecule has 0 fully saturated rings. The smallest absolute Gasteiger partial charge is 0.168 e. The van der Waals surface area contributed by atoms with Gasteiger partial charge in [0.1, 0.15) is 0 Å². The fourth-order valence-electron chi connectivity index (χ4n) is 1.31. The number of thiocarbonyl (C=S) groups is 1. The minimum absolute atomic E-state index is 0.274. The SMILES string of the molecule is CCCCCN(C)C(=S)NC(C)COC. The van der Waals surface area contributed by atoms with E-state index in [4.69, 9.17) is 17.0 Å². The second-order valence-electron chi connectivity index (χ2n) is 3.93. The number of ether oxygens (including phenoxy) is 1. The van der Waals surface area contributed by atoms with E-state index in [-0.39, 0.29) is 6.04 Å². The molecule has 3 nitrogen and oxygen atoms in total. The summed E-state index contributed by atoms with van der Waals surface area (Å²) in [6.45, 7) is 5.98. The third kappa shape index (κ3) is 7.56. The Morgan fingerprint density at radius 3 is 2.67 bits per heavy atom.